The van der Waals surface area contributed by atoms with E-state index in [4.69, 9.17) is 10.5 Å². The van der Waals surface area contributed by atoms with Crippen molar-refractivity contribution in [3.63, 3.8) is 0 Å². The van der Waals surface area contributed by atoms with Crippen molar-refractivity contribution in [2.24, 2.45) is 5.92 Å². The molecule has 1 unspecified atom stereocenters. The maximum absolute atomic E-state index is 13.7. The highest BCUT2D eigenvalue weighted by Gasteiger charge is 2.33. The maximum Gasteiger partial charge on any atom is 0.241 e. The molecule has 37 heavy (non-hydrogen) atoms. The van der Waals surface area contributed by atoms with Crippen LogP contribution in [0.2, 0.25) is 0 Å². The van der Waals surface area contributed by atoms with Crippen LogP contribution in [0.1, 0.15) is 41.3 Å². The van der Waals surface area contributed by atoms with Gasteiger partial charge in [0.05, 0.1) is 12.0 Å². The van der Waals surface area contributed by atoms with E-state index >= 15 is 0 Å². The molecule has 1 aliphatic heterocycles. The number of nitrogens with one attached hydrogen (secondary N) is 1. The first-order valence-electron chi connectivity index (χ1n) is 12.1. The number of aryl methyl sites for hydroxylation is 1. The zero-order valence-electron chi connectivity index (χ0n) is 21.8. The van der Waals surface area contributed by atoms with Crippen LogP contribution in [0.5, 0.6) is 5.75 Å². The Morgan fingerprint density at radius 1 is 1.24 bits per heavy atom. The van der Waals surface area contributed by atoms with Gasteiger partial charge in [-0.2, -0.15) is 4.72 Å². The van der Waals surface area contributed by atoms with Crippen LogP contribution >= 0.6 is 23.7 Å². The number of hydrogen-bond donors (Lipinski definition) is 2. The molecule has 0 bridgehead atoms. The summed E-state index contributed by atoms with van der Waals surface area (Å²) in [5.74, 6) is 1.41. The second kappa shape index (κ2) is 11.6. The molecule has 1 saturated heterocycles. The molecule has 8 nitrogen and oxygen atoms in total. The molecule has 3 aromatic rings. The summed E-state index contributed by atoms with van der Waals surface area (Å²) in [6.45, 7) is 8.77. The van der Waals surface area contributed by atoms with E-state index in [1.165, 1.54) is 11.3 Å². The van der Waals surface area contributed by atoms with Crippen LogP contribution in [0.15, 0.2) is 29.3 Å². The van der Waals surface area contributed by atoms with Crippen LogP contribution in [0.3, 0.4) is 0 Å². The Morgan fingerprint density at radius 3 is 2.54 bits per heavy atom. The van der Waals surface area contributed by atoms with Gasteiger partial charge in [-0.3, -0.25) is 4.79 Å². The molecule has 11 heteroatoms. The Hall–Kier alpha value is -2.40. The highest BCUT2D eigenvalue weighted by molar-refractivity contribution is 7.89. The number of rotatable bonds is 7. The van der Waals surface area contributed by atoms with Gasteiger partial charge in [0.25, 0.3) is 0 Å². The van der Waals surface area contributed by atoms with Gasteiger partial charge >= 0.3 is 0 Å². The monoisotopic (exact) mass is 566 g/mol. The van der Waals surface area contributed by atoms with Crippen molar-refractivity contribution in [2.75, 3.05) is 25.9 Å². The van der Waals surface area contributed by atoms with Gasteiger partial charge in [-0.05, 0) is 74.4 Å². The van der Waals surface area contributed by atoms with Crippen molar-refractivity contribution in [2.45, 2.75) is 57.9 Å². The Balaban J connectivity index is 0.00000380. The second-order valence-electron chi connectivity index (χ2n) is 9.68. The fraction of sp³-hybridized carbons (Fsp3) is 0.462. The summed E-state index contributed by atoms with van der Waals surface area (Å²) in [7, 11) is -2.44. The first-order valence-corrected chi connectivity index (χ1v) is 14.4. The predicted octanol–water partition coefficient (Wildman–Crippen LogP) is 4.38. The number of nitrogens with zero attached hydrogens (tertiary/aromatic N) is 2. The first-order chi connectivity index (χ1) is 17.0. The lowest BCUT2D eigenvalue weighted by Gasteiger charge is -2.33. The van der Waals surface area contributed by atoms with Gasteiger partial charge in [0.1, 0.15) is 17.6 Å². The molecule has 202 valence electrons. The first kappa shape index (κ1) is 29.2. The number of halogens is 1. The van der Waals surface area contributed by atoms with E-state index in [2.05, 4.69) is 16.6 Å². The minimum Gasteiger partial charge on any atom is -0.496 e. The zero-order valence-corrected chi connectivity index (χ0v) is 24.3. The van der Waals surface area contributed by atoms with Gasteiger partial charge < -0.3 is 15.4 Å². The number of pyridine rings is 1. The number of sulfonamides is 1. The number of carbonyl (C=O) groups excluding carboxylic acids is 1. The minimum atomic E-state index is -4.01. The summed E-state index contributed by atoms with van der Waals surface area (Å²) >= 11 is 1.50. The molecule has 0 aliphatic carbocycles. The smallest absolute Gasteiger partial charge is 0.241 e. The van der Waals surface area contributed by atoms with Gasteiger partial charge in [-0.25, -0.2) is 13.4 Å². The molecule has 0 radical (unpaired) electrons. The quantitative estimate of drug-likeness (QED) is 0.438. The maximum atomic E-state index is 13.7. The number of nitrogen functional groups attached to an aromatic ring is 1. The van der Waals surface area contributed by atoms with Crippen molar-refractivity contribution < 1.29 is 17.9 Å². The van der Waals surface area contributed by atoms with Gasteiger partial charge in [0, 0.05) is 40.7 Å². The fourth-order valence-corrected chi connectivity index (χ4v) is 7.69. The molecule has 3 heterocycles. The molecule has 0 spiro atoms. The number of anilines is 1. The van der Waals surface area contributed by atoms with Crippen LogP contribution in [0, 0.1) is 26.7 Å². The zero-order chi connectivity index (χ0) is 26.2. The molecule has 1 aliphatic rings. The van der Waals surface area contributed by atoms with Crippen LogP contribution in [0.4, 0.5) is 5.82 Å². The number of piperidine rings is 1. The van der Waals surface area contributed by atoms with E-state index in [0.717, 1.165) is 33.4 Å². The molecule has 0 saturated carbocycles. The van der Waals surface area contributed by atoms with Gasteiger partial charge in [0.15, 0.2) is 0 Å². The molecule has 1 fully saturated rings. The van der Waals surface area contributed by atoms with Gasteiger partial charge in [-0.1, -0.05) is 6.92 Å². The van der Waals surface area contributed by atoms with E-state index in [9.17, 15) is 13.2 Å². The predicted molar refractivity (Wildman–Crippen MR) is 151 cm³/mol. The number of hydrogen-bond acceptors (Lipinski definition) is 7. The fourth-order valence-electron chi connectivity index (χ4n) is 4.86. The average Bonchev–Trinajstić information content (AvgIpc) is 3.24. The Bertz CT molecular complexity index is 1400. The van der Waals surface area contributed by atoms with Crippen LogP contribution in [-0.4, -0.2) is 50.5 Å². The number of carbonyl (C=O) groups is 1. The SMILES string of the molecule is COc1cc(C)c(S(=O)(=O)NC(Cc2cc3c(N)nccc3s2)C(=O)N2CCC(C)CC2)c(C)c1C.Cl. The second-order valence-corrected chi connectivity index (χ2v) is 12.5. The molecular formula is C26H35ClN4O4S2. The number of methoxy groups -OCH3 is 1. The molecule has 1 atom stereocenters. The van der Waals surface area contributed by atoms with Crippen LogP contribution in [-0.2, 0) is 21.2 Å². The Labute approximate surface area is 229 Å². The third-order valence-electron chi connectivity index (χ3n) is 7.09. The summed E-state index contributed by atoms with van der Waals surface area (Å²) < 4.78 is 36.6. The van der Waals surface area contributed by atoms with Crippen molar-refractivity contribution in [3.05, 3.63) is 46.0 Å². The lowest BCUT2D eigenvalue weighted by atomic mass is 9.98. The van der Waals surface area contributed by atoms with Crippen molar-refractivity contribution in [3.8, 4) is 5.75 Å². The molecule has 2 aromatic heterocycles. The number of ether oxygens (including phenoxy) is 1. The minimum absolute atomic E-state index is 0. The van der Waals surface area contributed by atoms with E-state index in [1.54, 1.807) is 38.1 Å². The number of nitrogens with two attached hydrogens (primary N) is 1. The summed E-state index contributed by atoms with van der Waals surface area (Å²) in [4.78, 5) is 20.7. The third kappa shape index (κ3) is 6.03. The normalized spacial score (nSPS) is 15.4. The number of benzene rings is 1. The van der Waals surface area contributed by atoms with Crippen LogP contribution in [0.25, 0.3) is 10.1 Å². The molecule has 3 N–H and O–H groups in total. The van der Waals surface area contributed by atoms with E-state index < -0.39 is 16.1 Å². The lowest BCUT2D eigenvalue weighted by molar-refractivity contribution is -0.134. The Kier molecular flexibility index (Phi) is 9.10. The highest BCUT2D eigenvalue weighted by Crippen LogP contribution is 2.32. The highest BCUT2D eigenvalue weighted by atomic mass is 35.5. The largest absolute Gasteiger partial charge is 0.496 e. The topological polar surface area (TPSA) is 115 Å². The number of fused-ring (bicyclic) bond motifs is 1. The third-order valence-corrected chi connectivity index (χ3v) is 9.97. The van der Waals surface area contributed by atoms with Crippen molar-refractivity contribution in [1.82, 2.24) is 14.6 Å². The number of aromatic nitrogens is 1. The number of likely N-dealkylation sites (tertiary alicyclic amines) is 1. The van der Waals surface area contributed by atoms with Crippen LogP contribution < -0.4 is 15.2 Å². The Morgan fingerprint density at radius 2 is 1.92 bits per heavy atom. The molecule has 4 rings (SSSR count). The number of amides is 1. The summed E-state index contributed by atoms with van der Waals surface area (Å²) in [5, 5.41) is 0.816. The van der Waals surface area contributed by atoms with E-state index in [1.807, 2.05) is 19.1 Å². The van der Waals surface area contributed by atoms with Gasteiger partial charge in [0.2, 0.25) is 15.9 Å². The van der Waals surface area contributed by atoms with Crippen molar-refractivity contribution in [1.29, 1.82) is 0 Å². The van der Waals surface area contributed by atoms with Gasteiger partial charge in [-0.15, -0.1) is 23.7 Å². The lowest BCUT2D eigenvalue weighted by Crippen LogP contribution is -2.51. The standard InChI is InChI=1S/C26H34N4O4S2.ClH/c1-15-7-10-30(11-8-15)26(31)21(14-19-13-20-23(35-19)6-9-28-25(20)27)29-36(32,33)24-16(2)12-22(34-5)17(3)18(24)4;/h6,9,12-13,15,21,29H,7-8,10-11,14H2,1-5H3,(H2,27,28);1H. The molecule has 1 amide bonds. The summed E-state index contributed by atoms with van der Waals surface area (Å²) in [6, 6.07) is 4.57. The van der Waals surface area contributed by atoms with E-state index in [0.29, 0.717) is 41.7 Å². The van der Waals surface area contributed by atoms with E-state index in [-0.39, 0.29) is 29.6 Å². The average molecular weight is 567 g/mol. The molecule has 1 aromatic carbocycles. The summed E-state index contributed by atoms with van der Waals surface area (Å²) in [6.07, 6.45) is 3.70. The number of thiophene rings is 1. The van der Waals surface area contributed by atoms with Crippen molar-refractivity contribution >= 4 is 55.6 Å². The molecular weight excluding hydrogens is 532 g/mol. The summed E-state index contributed by atoms with van der Waals surface area (Å²) in [5.41, 5.74) is 7.97.